The van der Waals surface area contributed by atoms with E-state index >= 15 is 0 Å². The van der Waals surface area contributed by atoms with E-state index in [4.69, 9.17) is 14.0 Å². The molecule has 0 aliphatic carbocycles. The number of carbonyl (C=O) groups excluding carboxylic acids is 1. The maximum absolute atomic E-state index is 13.3. The van der Waals surface area contributed by atoms with Gasteiger partial charge >= 0.3 is 13.1 Å². The van der Waals surface area contributed by atoms with Gasteiger partial charge in [-0.15, -0.1) is 0 Å². The monoisotopic (exact) mass is 443 g/mol. The maximum Gasteiger partial charge on any atom is 0.494 e. The van der Waals surface area contributed by atoms with Gasteiger partial charge in [-0.1, -0.05) is 25.8 Å². The van der Waals surface area contributed by atoms with E-state index in [1.165, 1.54) is 6.20 Å². The number of nitrogens with zero attached hydrogens (tertiary/aromatic N) is 1. The zero-order valence-corrected chi connectivity index (χ0v) is 19.9. The number of unbranched alkanes of at least 4 members (excludes halogenated alkanes) is 1. The predicted molar refractivity (Wildman–Crippen MR) is 126 cm³/mol. The minimum Gasteiger partial charge on any atom is -0.462 e. The second kappa shape index (κ2) is 9.37. The highest BCUT2D eigenvalue weighted by molar-refractivity contribution is 6.62. The lowest BCUT2D eigenvalue weighted by molar-refractivity contribution is 0.00578. The minimum absolute atomic E-state index is 0.0413. The Balaban J connectivity index is 2.17. The van der Waals surface area contributed by atoms with Crippen LogP contribution in [0.15, 0.2) is 29.2 Å². The molecule has 7 nitrogen and oxygen atoms in total. The number of hydrogen-bond donors (Lipinski definition) is 1. The normalized spacial score (nSPS) is 18.2. The van der Waals surface area contributed by atoms with E-state index < -0.39 is 29.7 Å². The third kappa shape index (κ3) is 4.49. The van der Waals surface area contributed by atoms with Crippen molar-refractivity contribution in [2.45, 2.75) is 78.0 Å². The fourth-order valence-electron chi connectivity index (χ4n) is 3.91. The van der Waals surface area contributed by atoms with E-state index in [1.807, 2.05) is 44.4 Å². The summed E-state index contributed by atoms with van der Waals surface area (Å²) in [6.07, 6.45) is 4.14. The van der Waals surface area contributed by atoms with Crippen molar-refractivity contribution in [2.75, 3.05) is 13.2 Å². The number of aliphatic hydroxyl groups excluding tert-OH is 1. The molecule has 0 radical (unpaired) electrons. The first-order valence-corrected chi connectivity index (χ1v) is 11.4. The zero-order valence-electron chi connectivity index (χ0n) is 19.9. The summed E-state index contributed by atoms with van der Waals surface area (Å²) in [7, 11) is -0.628. The van der Waals surface area contributed by atoms with Gasteiger partial charge < -0.3 is 23.7 Å². The van der Waals surface area contributed by atoms with Crippen LogP contribution in [-0.2, 0) is 14.0 Å². The first-order chi connectivity index (χ1) is 15.1. The number of fused-ring (bicyclic) bond motifs is 1. The number of pyridine rings is 1. The number of aromatic nitrogens is 1. The SMILES string of the molecule is CCCC[C@@H](CO)n1cc(C(=O)OCC)c(=O)c2cc(B3OC(C)(C)C(C)(C)O3)ccc21. The van der Waals surface area contributed by atoms with Crippen LogP contribution in [0, 0.1) is 0 Å². The lowest BCUT2D eigenvalue weighted by Crippen LogP contribution is -2.41. The molecule has 1 atom stereocenters. The van der Waals surface area contributed by atoms with Gasteiger partial charge in [0.25, 0.3) is 0 Å². The Morgan fingerprint density at radius 3 is 2.41 bits per heavy atom. The van der Waals surface area contributed by atoms with Crippen LogP contribution < -0.4 is 10.9 Å². The summed E-state index contributed by atoms with van der Waals surface area (Å²) < 4.78 is 19.2. The van der Waals surface area contributed by atoms with Crippen molar-refractivity contribution in [2.24, 2.45) is 0 Å². The summed E-state index contributed by atoms with van der Waals surface area (Å²) in [5, 5.41) is 10.4. The van der Waals surface area contributed by atoms with Crippen molar-refractivity contribution >= 4 is 29.5 Å². The van der Waals surface area contributed by atoms with Gasteiger partial charge in [-0.25, -0.2) is 4.79 Å². The molecule has 1 N–H and O–H groups in total. The van der Waals surface area contributed by atoms with Crippen LogP contribution in [-0.4, -0.2) is 47.2 Å². The molecule has 32 heavy (non-hydrogen) atoms. The van der Waals surface area contributed by atoms with E-state index in [1.54, 1.807) is 13.0 Å². The largest absolute Gasteiger partial charge is 0.494 e. The van der Waals surface area contributed by atoms with Gasteiger partial charge in [-0.2, -0.15) is 0 Å². The summed E-state index contributed by atoms with van der Waals surface area (Å²) in [5.74, 6) is -0.665. The van der Waals surface area contributed by atoms with Crippen LogP contribution in [0.5, 0.6) is 0 Å². The number of rotatable bonds is 8. The van der Waals surface area contributed by atoms with E-state index in [-0.39, 0.29) is 24.8 Å². The van der Waals surface area contributed by atoms with Crippen molar-refractivity contribution in [1.82, 2.24) is 4.57 Å². The van der Waals surface area contributed by atoms with E-state index in [2.05, 4.69) is 6.92 Å². The highest BCUT2D eigenvalue weighted by atomic mass is 16.7. The lowest BCUT2D eigenvalue weighted by atomic mass is 9.78. The predicted octanol–water partition coefficient (Wildman–Crippen LogP) is 3.20. The second-order valence-electron chi connectivity index (χ2n) is 9.34. The fourth-order valence-corrected chi connectivity index (χ4v) is 3.91. The number of ether oxygens (including phenoxy) is 1. The van der Waals surface area contributed by atoms with Gasteiger partial charge in [0.05, 0.1) is 36.0 Å². The lowest BCUT2D eigenvalue weighted by Gasteiger charge is -2.32. The molecule has 8 heteroatoms. The molecule has 174 valence electrons. The van der Waals surface area contributed by atoms with Gasteiger partial charge in [-0.05, 0) is 58.6 Å². The first-order valence-electron chi connectivity index (χ1n) is 11.4. The second-order valence-corrected chi connectivity index (χ2v) is 9.34. The molecule has 0 saturated carbocycles. The molecule has 1 saturated heterocycles. The van der Waals surface area contributed by atoms with Crippen molar-refractivity contribution in [3.63, 3.8) is 0 Å². The maximum atomic E-state index is 13.3. The van der Waals surface area contributed by atoms with Crippen molar-refractivity contribution in [3.05, 3.63) is 40.2 Å². The van der Waals surface area contributed by atoms with Gasteiger partial charge in [-0.3, -0.25) is 4.79 Å². The summed E-state index contributed by atoms with van der Waals surface area (Å²) in [5.41, 5.74) is -0.113. The molecule has 0 amide bonds. The summed E-state index contributed by atoms with van der Waals surface area (Å²) in [6.45, 7) is 11.7. The smallest absolute Gasteiger partial charge is 0.462 e. The topological polar surface area (TPSA) is 87.0 Å². The fraction of sp³-hybridized carbons (Fsp3) is 0.583. The number of carbonyl (C=O) groups is 1. The molecule has 3 rings (SSSR count). The molecule has 0 bridgehead atoms. The number of benzene rings is 1. The van der Waals surface area contributed by atoms with Gasteiger partial charge in [0.15, 0.2) is 0 Å². The van der Waals surface area contributed by atoms with Crippen LogP contribution in [0.4, 0.5) is 0 Å². The van der Waals surface area contributed by atoms with Crippen LogP contribution in [0.25, 0.3) is 10.9 Å². The summed E-state index contributed by atoms with van der Waals surface area (Å²) in [4.78, 5) is 25.8. The molecule has 2 aromatic rings. The van der Waals surface area contributed by atoms with Crippen LogP contribution in [0.1, 0.15) is 77.2 Å². The van der Waals surface area contributed by atoms with E-state index in [9.17, 15) is 14.7 Å². The molecular formula is C24H34BNO6. The first kappa shape index (κ1) is 24.5. The van der Waals surface area contributed by atoms with Gasteiger partial charge in [0.2, 0.25) is 5.43 Å². The molecule has 1 aromatic heterocycles. The average molecular weight is 443 g/mol. The molecular weight excluding hydrogens is 409 g/mol. The average Bonchev–Trinajstić information content (AvgIpc) is 2.96. The highest BCUT2D eigenvalue weighted by Crippen LogP contribution is 2.36. The zero-order chi connectivity index (χ0) is 23.7. The van der Waals surface area contributed by atoms with Gasteiger partial charge in [0, 0.05) is 11.6 Å². The summed E-state index contributed by atoms with van der Waals surface area (Å²) >= 11 is 0. The summed E-state index contributed by atoms with van der Waals surface area (Å²) in [6, 6.07) is 5.18. The Morgan fingerprint density at radius 1 is 1.19 bits per heavy atom. The van der Waals surface area contributed by atoms with E-state index in [0.29, 0.717) is 16.4 Å². The van der Waals surface area contributed by atoms with Crippen molar-refractivity contribution in [3.8, 4) is 0 Å². The molecule has 1 aliphatic heterocycles. The molecule has 2 heterocycles. The molecule has 1 fully saturated rings. The highest BCUT2D eigenvalue weighted by Gasteiger charge is 2.51. The van der Waals surface area contributed by atoms with Gasteiger partial charge in [0.1, 0.15) is 5.56 Å². The Hall–Kier alpha value is -2.16. The third-order valence-electron chi connectivity index (χ3n) is 6.57. The van der Waals surface area contributed by atoms with Crippen LogP contribution in [0.3, 0.4) is 0 Å². The van der Waals surface area contributed by atoms with E-state index in [0.717, 1.165) is 19.3 Å². The Morgan fingerprint density at radius 2 is 1.84 bits per heavy atom. The Labute approximate surface area is 189 Å². The molecule has 1 aliphatic rings. The van der Waals surface area contributed by atoms with Crippen molar-refractivity contribution < 1.29 is 23.9 Å². The molecule has 1 aromatic carbocycles. The number of aliphatic hydroxyl groups is 1. The molecule has 0 unspecified atom stereocenters. The van der Waals surface area contributed by atoms with Crippen LogP contribution in [0.2, 0.25) is 0 Å². The molecule has 0 spiro atoms. The Kier molecular flexibility index (Phi) is 7.17. The van der Waals surface area contributed by atoms with Crippen molar-refractivity contribution in [1.29, 1.82) is 0 Å². The Bertz CT molecular complexity index is 1030. The standard InChI is InChI=1S/C24H34BNO6/c1-7-9-10-17(15-27)26-14-19(22(29)30-8-2)21(28)18-13-16(11-12-20(18)26)25-31-23(3,4)24(5,6)32-25/h11-14,17,27H,7-10,15H2,1-6H3/t17-/m0/s1. The number of esters is 1. The minimum atomic E-state index is -0.665. The quantitative estimate of drug-likeness (QED) is 0.498. The van der Waals surface area contributed by atoms with Crippen LogP contribution >= 0.6 is 0 Å². The number of hydrogen-bond acceptors (Lipinski definition) is 6. The third-order valence-corrected chi connectivity index (χ3v) is 6.57.